The first-order valence-corrected chi connectivity index (χ1v) is 7.66. The summed E-state index contributed by atoms with van der Waals surface area (Å²) in [5.74, 6) is 1.25. The summed E-state index contributed by atoms with van der Waals surface area (Å²) in [4.78, 5) is 12.3. The maximum atomic E-state index is 12.3. The Hall–Kier alpha value is -2.89. The second kappa shape index (κ2) is 6.70. The number of aromatic nitrogens is 1. The van der Waals surface area contributed by atoms with Gasteiger partial charge in [0.1, 0.15) is 5.69 Å². The Morgan fingerprint density at radius 2 is 1.96 bits per heavy atom. The Kier molecular flexibility index (Phi) is 4.46. The molecule has 0 bridgehead atoms. The number of ether oxygens (including phenoxy) is 2. The zero-order valence-corrected chi connectivity index (χ0v) is 14.0. The molecule has 1 aromatic carbocycles. The number of aryl methyl sites for hydroxylation is 1. The van der Waals surface area contributed by atoms with Crippen LogP contribution in [0.15, 0.2) is 41.0 Å². The summed E-state index contributed by atoms with van der Waals surface area (Å²) in [6.45, 7) is 0.529. The van der Waals surface area contributed by atoms with Gasteiger partial charge in [0, 0.05) is 25.7 Å². The molecule has 0 unspecified atom stereocenters. The fraction of sp³-hybridized carbons (Fsp3) is 0.278. The summed E-state index contributed by atoms with van der Waals surface area (Å²) in [6, 6.07) is 9.34. The second-order valence-corrected chi connectivity index (χ2v) is 5.45. The van der Waals surface area contributed by atoms with Crippen molar-refractivity contribution in [3.05, 3.63) is 47.9 Å². The average molecular weight is 328 g/mol. The van der Waals surface area contributed by atoms with Crippen LogP contribution in [0.1, 0.15) is 16.1 Å². The Labute approximate surface area is 140 Å². The van der Waals surface area contributed by atoms with Gasteiger partial charge in [0.2, 0.25) is 0 Å². The van der Waals surface area contributed by atoms with Gasteiger partial charge >= 0.3 is 0 Å². The van der Waals surface area contributed by atoms with Crippen molar-refractivity contribution in [3.8, 4) is 11.5 Å². The molecule has 2 aromatic heterocycles. The average Bonchev–Trinajstić information content (AvgIpc) is 3.17. The third kappa shape index (κ3) is 2.95. The monoisotopic (exact) mass is 328 g/mol. The van der Waals surface area contributed by atoms with Crippen LogP contribution in [0, 0.1) is 0 Å². The standard InChI is InChI=1S/C18H20N2O4/c1-20-13-7-9-24-16(13)11-14(20)18(21)19-8-6-12-4-5-15(22-2)17(10-12)23-3/h4-5,7,9-11H,6,8H2,1-3H3,(H,19,21). The Balaban J connectivity index is 1.62. The first-order valence-electron chi connectivity index (χ1n) is 7.66. The third-order valence-corrected chi connectivity index (χ3v) is 4.04. The lowest BCUT2D eigenvalue weighted by atomic mass is 10.1. The molecule has 3 rings (SSSR count). The maximum Gasteiger partial charge on any atom is 0.268 e. The molecule has 0 aliphatic heterocycles. The summed E-state index contributed by atoms with van der Waals surface area (Å²) in [7, 11) is 5.06. The van der Waals surface area contributed by atoms with E-state index in [2.05, 4.69) is 5.32 Å². The number of hydrogen-bond acceptors (Lipinski definition) is 4. The van der Waals surface area contributed by atoms with Crippen molar-refractivity contribution in [2.45, 2.75) is 6.42 Å². The van der Waals surface area contributed by atoms with E-state index < -0.39 is 0 Å². The molecule has 0 aliphatic rings. The number of nitrogens with one attached hydrogen (secondary N) is 1. The van der Waals surface area contributed by atoms with E-state index in [1.165, 1.54) is 0 Å². The Morgan fingerprint density at radius 3 is 2.67 bits per heavy atom. The van der Waals surface area contributed by atoms with Gasteiger partial charge in [-0.05, 0) is 24.1 Å². The molecular formula is C18H20N2O4. The predicted octanol–water partition coefficient (Wildman–Crippen LogP) is 2.76. The number of benzene rings is 1. The van der Waals surface area contributed by atoms with Gasteiger partial charge < -0.3 is 23.8 Å². The van der Waals surface area contributed by atoms with Gasteiger partial charge in [0.05, 0.1) is 26.0 Å². The van der Waals surface area contributed by atoms with Crippen LogP contribution in [0.5, 0.6) is 11.5 Å². The van der Waals surface area contributed by atoms with Crippen molar-refractivity contribution >= 4 is 17.0 Å². The summed E-state index contributed by atoms with van der Waals surface area (Å²) in [5.41, 5.74) is 3.26. The van der Waals surface area contributed by atoms with E-state index >= 15 is 0 Å². The van der Waals surface area contributed by atoms with Crippen molar-refractivity contribution in [2.24, 2.45) is 7.05 Å². The topological polar surface area (TPSA) is 65.6 Å². The van der Waals surface area contributed by atoms with Crippen LogP contribution in [-0.2, 0) is 13.5 Å². The van der Waals surface area contributed by atoms with Crippen molar-refractivity contribution in [2.75, 3.05) is 20.8 Å². The minimum Gasteiger partial charge on any atom is -0.493 e. The van der Waals surface area contributed by atoms with Gasteiger partial charge in [-0.15, -0.1) is 0 Å². The van der Waals surface area contributed by atoms with E-state index in [9.17, 15) is 4.79 Å². The van der Waals surface area contributed by atoms with Crippen molar-refractivity contribution in [1.82, 2.24) is 9.88 Å². The van der Waals surface area contributed by atoms with E-state index in [-0.39, 0.29) is 5.91 Å². The molecule has 6 nitrogen and oxygen atoms in total. The Bertz CT molecular complexity index is 863. The molecule has 0 spiro atoms. The smallest absolute Gasteiger partial charge is 0.268 e. The second-order valence-electron chi connectivity index (χ2n) is 5.45. The highest BCUT2D eigenvalue weighted by Gasteiger charge is 2.14. The number of carbonyl (C=O) groups is 1. The minimum absolute atomic E-state index is 0.121. The molecule has 3 aromatic rings. The van der Waals surface area contributed by atoms with Gasteiger partial charge in [-0.2, -0.15) is 0 Å². The normalized spacial score (nSPS) is 10.8. The van der Waals surface area contributed by atoms with Gasteiger partial charge in [-0.1, -0.05) is 6.07 Å². The van der Waals surface area contributed by atoms with E-state index in [0.29, 0.717) is 35.7 Å². The first-order chi connectivity index (χ1) is 11.6. The zero-order valence-electron chi connectivity index (χ0n) is 14.0. The SMILES string of the molecule is COc1ccc(CCNC(=O)c2cc3occc3n2C)cc1OC. The molecule has 0 fully saturated rings. The van der Waals surface area contributed by atoms with Crippen LogP contribution in [0.2, 0.25) is 0 Å². The highest BCUT2D eigenvalue weighted by Crippen LogP contribution is 2.27. The molecule has 6 heteroatoms. The number of hydrogen-bond donors (Lipinski definition) is 1. The molecular weight excluding hydrogens is 308 g/mol. The lowest BCUT2D eigenvalue weighted by Crippen LogP contribution is -2.27. The molecule has 126 valence electrons. The van der Waals surface area contributed by atoms with Crippen LogP contribution >= 0.6 is 0 Å². The summed E-state index contributed by atoms with van der Waals surface area (Å²) >= 11 is 0. The molecule has 0 atom stereocenters. The van der Waals surface area contributed by atoms with Crippen molar-refractivity contribution in [1.29, 1.82) is 0 Å². The van der Waals surface area contributed by atoms with Crippen LogP contribution < -0.4 is 14.8 Å². The van der Waals surface area contributed by atoms with Gasteiger partial charge in [-0.25, -0.2) is 0 Å². The first kappa shape index (κ1) is 16.0. The van der Waals surface area contributed by atoms with Gasteiger partial charge in [-0.3, -0.25) is 4.79 Å². The number of fused-ring (bicyclic) bond motifs is 1. The molecule has 2 heterocycles. The van der Waals surface area contributed by atoms with E-state index in [1.807, 2.05) is 35.9 Å². The van der Waals surface area contributed by atoms with Gasteiger partial charge in [0.15, 0.2) is 17.1 Å². The highest BCUT2D eigenvalue weighted by molar-refractivity contribution is 5.97. The molecule has 0 saturated heterocycles. The molecule has 24 heavy (non-hydrogen) atoms. The quantitative estimate of drug-likeness (QED) is 0.755. The number of carbonyl (C=O) groups excluding carboxylic acids is 1. The van der Waals surface area contributed by atoms with E-state index in [1.54, 1.807) is 26.5 Å². The molecule has 0 saturated carbocycles. The third-order valence-electron chi connectivity index (χ3n) is 4.04. The number of rotatable bonds is 6. The summed E-state index contributed by atoms with van der Waals surface area (Å²) < 4.78 is 17.7. The van der Waals surface area contributed by atoms with Crippen LogP contribution in [0.4, 0.5) is 0 Å². The summed E-state index contributed by atoms with van der Waals surface area (Å²) in [6.07, 6.45) is 2.32. The van der Waals surface area contributed by atoms with Crippen LogP contribution in [0.25, 0.3) is 11.1 Å². The molecule has 1 amide bonds. The molecule has 1 N–H and O–H groups in total. The highest BCUT2D eigenvalue weighted by atomic mass is 16.5. The largest absolute Gasteiger partial charge is 0.493 e. The minimum atomic E-state index is -0.121. The van der Waals surface area contributed by atoms with Crippen LogP contribution in [-0.4, -0.2) is 31.2 Å². The zero-order chi connectivity index (χ0) is 17.1. The predicted molar refractivity (Wildman–Crippen MR) is 90.8 cm³/mol. The fourth-order valence-electron chi connectivity index (χ4n) is 2.72. The fourth-order valence-corrected chi connectivity index (χ4v) is 2.72. The summed E-state index contributed by atoms with van der Waals surface area (Å²) in [5, 5.41) is 2.93. The molecule has 0 aliphatic carbocycles. The van der Waals surface area contributed by atoms with Crippen LogP contribution in [0.3, 0.4) is 0 Å². The van der Waals surface area contributed by atoms with Crippen molar-refractivity contribution < 1.29 is 18.7 Å². The number of nitrogens with zero attached hydrogens (tertiary/aromatic N) is 1. The molecule has 0 radical (unpaired) electrons. The number of amides is 1. The van der Waals surface area contributed by atoms with Gasteiger partial charge in [0.25, 0.3) is 5.91 Å². The number of furan rings is 1. The Morgan fingerprint density at radius 1 is 1.17 bits per heavy atom. The maximum absolute atomic E-state index is 12.3. The van der Waals surface area contributed by atoms with Crippen molar-refractivity contribution in [3.63, 3.8) is 0 Å². The number of methoxy groups -OCH3 is 2. The lowest BCUT2D eigenvalue weighted by Gasteiger charge is -2.10. The van der Waals surface area contributed by atoms with E-state index in [0.717, 1.165) is 11.1 Å². The lowest BCUT2D eigenvalue weighted by molar-refractivity contribution is 0.0946. The van der Waals surface area contributed by atoms with E-state index in [4.69, 9.17) is 13.9 Å².